The van der Waals surface area contributed by atoms with Crippen LogP contribution in [0, 0.1) is 11.6 Å². The van der Waals surface area contributed by atoms with Crippen molar-refractivity contribution in [2.45, 2.75) is 25.3 Å². The first-order chi connectivity index (χ1) is 9.65. The molecule has 0 aromatic heterocycles. The van der Waals surface area contributed by atoms with Crippen LogP contribution in [-0.2, 0) is 0 Å². The first kappa shape index (κ1) is 13.5. The summed E-state index contributed by atoms with van der Waals surface area (Å²) in [5.41, 5.74) is -0.158. The van der Waals surface area contributed by atoms with Gasteiger partial charge >= 0.3 is 0 Å². The van der Waals surface area contributed by atoms with Gasteiger partial charge in [0.05, 0.1) is 5.56 Å². The number of amides is 1. The smallest absolute Gasteiger partial charge is 0.257 e. The summed E-state index contributed by atoms with van der Waals surface area (Å²) in [6, 6.07) is 3.41. The van der Waals surface area contributed by atoms with E-state index in [4.69, 9.17) is 0 Å². The molecule has 1 atom stereocenters. The number of hydrogen-bond acceptors (Lipinski definition) is 2. The highest BCUT2D eigenvalue weighted by Gasteiger charge is 2.32. The van der Waals surface area contributed by atoms with Gasteiger partial charge in [-0.25, -0.2) is 8.78 Å². The minimum absolute atomic E-state index is 0.158. The first-order valence-electron chi connectivity index (χ1n) is 7.13. The third-order valence-electron chi connectivity index (χ3n) is 4.28. The summed E-state index contributed by atoms with van der Waals surface area (Å²) < 4.78 is 26.9. The third kappa shape index (κ3) is 2.54. The summed E-state index contributed by atoms with van der Waals surface area (Å²) >= 11 is 0. The molecule has 1 amide bonds. The number of carbonyl (C=O) groups is 1. The number of carbonyl (C=O) groups excluding carboxylic acids is 1. The molecule has 108 valence electrons. The molecule has 0 radical (unpaired) electrons. The molecule has 1 aromatic carbocycles. The van der Waals surface area contributed by atoms with Crippen molar-refractivity contribution < 1.29 is 13.6 Å². The molecule has 3 rings (SSSR count). The summed E-state index contributed by atoms with van der Waals surface area (Å²) in [7, 11) is 0. The van der Waals surface area contributed by atoms with Crippen molar-refractivity contribution in [1.82, 2.24) is 9.80 Å². The standard InChI is InChI=1S/C15H18F2N2O/c16-11-4-5-14(17)13(9-11)15(20)19-8-7-18-6-2-1-3-12(18)10-19/h4-5,9,12H,1-3,6-8,10H2/t12-/m1/s1. The van der Waals surface area contributed by atoms with Crippen molar-refractivity contribution in [1.29, 1.82) is 0 Å². The lowest BCUT2D eigenvalue weighted by atomic mass is 9.99. The van der Waals surface area contributed by atoms with Gasteiger partial charge in [0, 0.05) is 25.7 Å². The van der Waals surface area contributed by atoms with Crippen LogP contribution in [0.3, 0.4) is 0 Å². The fourth-order valence-corrected chi connectivity index (χ4v) is 3.17. The second-order valence-corrected chi connectivity index (χ2v) is 5.56. The molecule has 0 unspecified atom stereocenters. The van der Waals surface area contributed by atoms with Gasteiger partial charge in [0.2, 0.25) is 0 Å². The quantitative estimate of drug-likeness (QED) is 0.788. The lowest BCUT2D eigenvalue weighted by molar-refractivity contribution is 0.0369. The van der Waals surface area contributed by atoms with Gasteiger partial charge < -0.3 is 4.90 Å². The summed E-state index contributed by atoms with van der Waals surface area (Å²) in [6.45, 7) is 3.12. The van der Waals surface area contributed by atoms with E-state index in [2.05, 4.69) is 4.90 Å². The first-order valence-corrected chi connectivity index (χ1v) is 7.13. The summed E-state index contributed by atoms with van der Waals surface area (Å²) in [5.74, 6) is -1.62. The van der Waals surface area contributed by atoms with E-state index in [1.807, 2.05) is 0 Å². The second kappa shape index (κ2) is 5.48. The van der Waals surface area contributed by atoms with Gasteiger partial charge in [-0.15, -0.1) is 0 Å². The van der Waals surface area contributed by atoms with E-state index in [9.17, 15) is 13.6 Å². The van der Waals surface area contributed by atoms with Gasteiger partial charge in [-0.2, -0.15) is 0 Å². The maximum atomic E-state index is 13.7. The number of piperidine rings is 1. The lowest BCUT2D eigenvalue weighted by Crippen LogP contribution is -2.56. The molecule has 0 saturated carbocycles. The van der Waals surface area contributed by atoms with Crippen LogP contribution in [0.4, 0.5) is 8.78 Å². The van der Waals surface area contributed by atoms with Gasteiger partial charge in [-0.05, 0) is 37.6 Å². The summed E-state index contributed by atoms with van der Waals surface area (Å²) in [6.07, 6.45) is 3.47. The van der Waals surface area contributed by atoms with Gasteiger partial charge in [0.25, 0.3) is 5.91 Å². The molecule has 1 aromatic rings. The molecule has 2 heterocycles. The van der Waals surface area contributed by atoms with E-state index < -0.39 is 17.5 Å². The van der Waals surface area contributed by atoms with Gasteiger partial charge in [-0.1, -0.05) is 6.42 Å². The fraction of sp³-hybridized carbons (Fsp3) is 0.533. The zero-order valence-electron chi connectivity index (χ0n) is 11.3. The molecule has 3 nitrogen and oxygen atoms in total. The zero-order chi connectivity index (χ0) is 14.1. The van der Waals surface area contributed by atoms with Crippen molar-refractivity contribution in [3.05, 3.63) is 35.4 Å². The van der Waals surface area contributed by atoms with Crippen LogP contribution in [-0.4, -0.2) is 47.9 Å². The fourth-order valence-electron chi connectivity index (χ4n) is 3.17. The molecule has 2 saturated heterocycles. The third-order valence-corrected chi connectivity index (χ3v) is 4.28. The van der Waals surface area contributed by atoms with Crippen LogP contribution in [0.25, 0.3) is 0 Å². The molecule has 2 aliphatic heterocycles. The molecule has 2 fully saturated rings. The van der Waals surface area contributed by atoms with E-state index in [1.165, 1.54) is 12.8 Å². The largest absolute Gasteiger partial charge is 0.336 e. The Morgan fingerprint density at radius 1 is 1.15 bits per heavy atom. The lowest BCUT2D eigenvalue weighted by Gasteiger charge is -2.44. The van der Waals surface area contributed by atoms with E-state index in [1.54, 1.807) is 4.90 Å². The Hall–Kier alpha value is -1.49. The second-order valence-electron chi connectivity index (χ2n) is 5.56. The van der Waals surface area contributed by atoms with Gasteiger partial charge in [0.15, 0.2) is 0 Å². The molecule has 0 bridgehead atoms. The number of nitrogens with zero attached hydrogens (tertiary/aromatic N) is 2. The molecule has 0 N–H and O–H groups in total. The van der Waals surface area contributed by atoms with E-state index in [0.29, 0.717) is 19.1 Å². The Labute approximate surface area is 117 Å². The van der Waals surface area contributed by atoms with Crippen LogP contribution < -0.4 is 0 Å². The van der Waals surface area contributed by atoms with Crippen molar-refractivity contribution >= 4 is 5.91 Å². The average Bonchev–Trinajstić information content (AvgIpc) is 2.48. The summed E-state index contributed by atoms with van der Waals surface area (Å²) in [5, 5.41) is 0. The predicted octanol–water partition coefficient (Wildman–Crippen LogP) is 2.28. The van der Waals surface area contributed by atoms with Crippen LogP contribution in [0.15, 0.2) is 18.2 Å². The minimum Gasteiger partial charge on any atom is -0.336 e. The van der Waals surface area contributed by atoms with Gasteiger partial charge in [0.1, 0.15) is 11.6 Å². The Bertz CT molecular complexity index is 521. The average molecular weight is 280 g/mol. The van der Waals surface area contributed by atoms with Gasteiger partial charge in [-0.3, -0.25) is 9.69 Å². The molecule has 2 aliphatic rings. The zero-order valence-corrected chi connectivity index (χ0v) is 11.3. The monoisotopic (exact) mass is 280 g/mol. The molecule has 0 aliphatic carbocycles. The maximum absolute atomic E-state index is 13.7. The number of piperazine rings is 1. The molecular formula is C15H18F2N2O. The Balaban J connectivity index is 1.76. The SMILES string of the molecule is O=C(c1cc(F)ccc1F)N1CCN2CCCC[C@@H]2C1. The molecular weight excluding hydrogens is 262 g/mol. The maximum Gasteiger partial charge on any atom is 0.257 e. The van der Waals surface area contributed by atoms with E-state index >= 15 is 0 Å². The molecule has 0 spiro atoms. The van der Waals surface area contributed by atoms with E-state index in [-0.39, 0.29) is 5.56 Å². The normalized spacial score (nSPS) is 23.5. The van der Waals surface area contributed by atoms with Crippen LogP contribution in [0.1, 0.15) is 29.6 Å². The highest BCUT2D eigenvalue weighted by atomic mass is 19.1. The number of rotatable bonds is 1. The number of hydrogen-bond donors (Lipinski definition) is 0. The van der Waals surface area contributed by atoms with Crippen molar-refractivity contribution in [3.8, 4) is 0 Å². The predicted molar refractivity (Wildman–Crippen MR) is 71.5 cm³/mol. The van der Waals surface area contributed by atoms with Crippen molar-refractivity contribution in [3.63, 3.8) is 0 Å². The van der Waals surface area contributed by atoms with Crippen LogP contribution in [0.5, 0.6) is 0 Å². The van der Waals surface area contributed by atoms with Crippen LogP contribution in [0.2, 0.25) is 0 Å². The van der Waals surface area contributed by atoms with Crippen LogP contribution >= 0.6 is 0 Å². The Morgan fingerprint density at radius 2 is 2.00 bits per heavy atom. The molecule has 20 heavy (non-hydrogen) atoms. The highest BCUT2D eigenvalue weighted by molar-refractivity contribution is 5.94. The van der Waals surface area contributed by atoms with Crippen molar-refractivity contribution in [2.24, 2.45) is 0 Å². The molecule has 5 heteroatoms. The Morgan fingerprint density at radius 3 is 2.85 bits per heavy atom. The van der Waals surface area contributed by atoms with E-state index in [0.717, 1.165) is 37.7 Å². The highest BCUT2D eigenvalue weighted by Crippen LogP contribution is 2.22. The number of fused-ring (bicyclic) bond motifs is 1. The number of halogens is 2. The Kier molecular flexibility index (Phi) is 3.70. The van der Waals surface area contributed by atoms with Crippen molar-refractivity contribution in [2.75, 3.05) is 26.2 Å². The summed E-state index contributed by atoms with van der Waals surface area (Å²) in [4.78, 5) is 16.4. The minimum atomic E-state index is -0.650. The topological polar surface area (TPSA) is 23.6 Å². The number of benzene rings is 1.